The molecule has 0 spiro atoms. The summed E-state index contributed by atoms with van der Waals surface area (Å²) in [6.07, 6.45) is 1.59. The smallest absolute Gasteiger partial charge is 0.182 e. The van der Waals surface area contributed by atoms with Crippen LogP contribution < -0.4 is 10.5 Å². The van der Waals surface area contributed by atoms with Crippen LogP contribution in [-0.2, 0) is 0 Å². The first kappa shape index (κ1) is 11.6. The zero-order chi connectivity index (χ0) is 12.6. The molecule has 0 amide bonds. The highest BCUT2D eigenvalue weighted by Crippen LogP contribution is 2.33. The zero-order valence-electron chi connectivity index (χ0n) is 10.1. The molecular formula is C13H15FN2O. The maximum absolute atomic E-state index is 13.9. The number of benzene rings is 1. The molecule has 0 atom stereocenters. The Morgan fingerprint density at radius 2 is 2.06 bits per heavy atom. The molecule has 1 aromatic carbocycles. The minimum atomic E-state index is -0.485. The molecule has 0 bridgehead atoms. The summed E-state index contributed by atoms with van der Waals surface area (Å²) >= 11 is 0. The normalized spacial score (nSPS) is 11.8. The molecule has 0 radical (unpaired) electrons. The minimum absolute atomic E-state index is 0.155. The zero-order valence-corrected chi connectivity index (χ0v) is 10.1. The van der Waals surface area contributed by atoms with Crippen LogP contribution in [0.2, 0.25) is 0 Å². The molecule has 1 aromatic heterocycles. The number of fused-ring (bicyclic) bond motifs is 1. The van der Waals surface area contributed by atoms with E-state index in [2.05, 4.69) is 4.98 Å². The van der Waals surface area contributed by atoms with Crippen molar-refractivity contribution in [2.45, 2.75) is 26.4 Å². The summed E-state index contributed by atoms with van der Waals surface area (Å²) in [4.78, 5) is 4.14. The Kier molecular flexibility index (Phi) is 2.65. The third-order valence-corrected chi connectivity index (χ3v) is 2.24. The van der Waals surface area contributed by atoms with Crippen molar-refractivity contribution in [3.63, 3.8) is 0 Å². The molecule has 2 N–H and O–H groups in total. The van der Waals surface area contributed by atoms with E-state index in [4.69, 9.17) is 10.5 Å². The number of ether oxygens (including phenoxy) is 1. The molecule has 1 heterocycles. The lowest BCUT2D eigenvalue weighted by Gasteiger charge is -2.22. The third kappa shape index (κ3) is 2.30. The van der Waals surface area contributed by atoms with Gasteiger partial charge in [-0.15, -0.1) is 0 Å². The number of hydrogen-bond donors (Lipinski definition) is 1. The lowest BCUT2D eigenvalue weighted by atomic mass is 10.1. The van der Waals surface area contributed by atoms with Gasteiger partial charge in [0.2, 0.25) is 0 Å². The van der Waals surface area contributed by atoms with Crippen molar-refractivity contribution in [3.8, 4) is 5.75 Å². The number of nitrogens with two attached hydrogens (primary N) is 1. The van der Waals surface area contributed by atoms with E-state index in [1.54, 1.807) is 18.3 Å². The lowest BCUT2D eigenvalue weighted by molar-refractivity contribution is 0.126. The first-order valence-electron chi connectivity index (χ1n) is 5.40. The fraction of sp³-hybridized carbons (Fsp3) is 0.308. The van der Waals surface area contributed by atoms with Crippen molar-refractivity contribution in [1.29, 1.82) is 0 Å². The molecule has 0 fully saturated rings. The van der Waals surface area contributed by atoms with E-state index < -0.39 is 11.4 Å². The molecular weight excluding hydrogens is 219 g/mol. The van der Waals surface area contributed by atoms with Crippen molar-refractivity contribution >= 4 is 16.6 Å². The largest absolute Gasteiger partial charge is 0.483 e. The van der Waals surface area contributed by atoms with Crippen LogP contribution in [0.3, 0.4) is 0 Å². The second kappa shape index (κ2) is 3.87. The van der Waals surface area contributed by atoms with Gasteiger partial charge < -0.3 is 10.5 Å². The van der Waals surface area contributed by atoms with E-state index in [1.165, 1.54) is 6.07 Å². The Morgan fingerprint density at radius 3 is 2.71 bits per heavy atom. The van der Waals surface area contributed by atoms with Crippen LogP contribution in [-0.4, -0.2) is 10.6 Å². The molecule has 0 saturated carbocycles. The van der Waals surface area contributed by atoms with Crippen molar-refractivity contribution < 1.29 is 9.13 Å². The maximum atomic E-state index is 13.9. The van der Waals surface area contributed by atoms with E-state index in [9.17, 15) is 4.39 Å². The summed E-state index contributed by atoms with van der Waals surface area (Å²) < 4.78 is 19.5. The molecule has 4 heteroatoms. The van der Waals surface area contributed by atoms with Gasteiger partial charge in [-0.05, 0) is 32.9 Å². The van der Waals surface area contributed by atoms with Crippen molar-refractivity contribution in [2.75, 3.05) is 5.73 Å². The average molecular weight is 234 g/mol. The molecule has 0 aliphatic rings. The fourth-order valence-electron chi connectivity index (χ4n) is 1.62. The van der Waals surface area contributed by atoms with Crippen LogP contribution in [0.1, 0.15) is 20.8 Å². The first-order valence-corrected chi connectivity index (χ1v) is 5.40. The third-order valence-electron chi connectivity index (χ3n) is 2.24. The van der Waals surface area contributed by atoms with Gasteiger partial charge in [-0.3, -0.25) is 4.98 Å². The van der Waals surface area contributed by atoms with Gasteiger partial charge in [0.05, 0.1) is 0 Å². The number of rotatable bonds is 1. The van der Waals surface area contributed by atoms with E-state index in [0.717, 1.165) is 0 Å². The van der Waals surface area contributed by atoms with Gasteiger partial charge in [0.25, 0.3) is 0 Å². The van der Waals surface area contributed by atoms with Gasteiger partial charge in [0.1, 0.15) is 11.1 Å². The van der Waals surface area contributed by atoms with Crippen LogP contribution in [0.25, 0.3) is 10.9 Å². The van der Waals surface area contributed by atoms with E-state index in [1.807, 2.05) is 20.8 Å². The molecule has 2 rings (SSSR count). The molecule has 3 nitrogen and oxygen atoms in total. The standard InChI is InChI=1S/C13H15FN2O/c1-13(2,3)17-12-9(14)7-10(15)8-5-4-6-16-11(8)12/h4-7H,15H2,1-3H3. The summed E-state index contributed by atoms with van der Waals surface area (Å²) in [6.45, 7) is 5.58. The van der Waals surface area contributed by atoms with Crippen LogP contribution in [0.15, 0.2) is 24.4 Å². The molecule has 0 saturated heterocycles. The number of anilines is 1. The van der Waals surface area contributed by atoms with E-state index >= 15 is 0 Å². The number of aromatic nitrogens is 1. The van der Waals surface area contributed by atoms with Gasteiger partial charge in [0.15, 0.2) is 11.6 Å². The van der Waals surface area contributed by atoms with Gasteiger partial charge in [-0.1, -0.05) is 0 Å². The average Bonchev–Trinajstić information content (AvgIpc) is 2.23. The molecule has 2 aromatic rings. The SMILES string of the molecule is CC(C)(C)Oc1c(F)cc(N)c2cccnc12. The number of halogens is 1. The molecule has 90 valence electrons. The number of nitrogen functional groups attached to an aromatic ring is 1. The second-order valence-electron chi connectivity index (χ2n) is 4.89. The predicted octanol–water partition coefficient (Wildman–Crippen LogP) is 3.13. The summed E-state index contributed by atoms with van der Waals surface area (Å²) in [5.41, 5.74) is 6.10. The summed E-state index contributed by atoms with van der Waals surface area (Å²) in [7, 11) is 0. The van der Waals surface area contributed by atoms with Crippen LogP contribution in [0.5, 0.6) is 5.75 Å². The van der Waals surface area contributed by atoms with Crippen LogP contribution >= 0.6 is 0 Å². The van der Waals surface area contributed by atoms with Crippen molar-refractivity contribution in [2.24, 2.45) is 0 Å². The van der Waals surface area contributed by atoms with Gasteiger partial charge in [-0.25, -0.2) is 4.39 Å². The Balaban J connectivity index is 2.69. The van der Waals surface area contributed by atoms with E-state index in [-0.39, 0.29) is 5.75 Å². The van der Waals surface area contributed by atoms with Crippen LogP contribution in [0, 0.1) is 5.82 Å². The second-order valence-corrected chi connectivity index (χ2v) is 4.89. The predicted molar refractivity (Wildman–Crippen MR) is 66.5 cm³/mol. The van der Waals surface area contributed by atoms with E-state index in [0.29, 0.717) is 16.6 Å². The highest BCUT2D eigenvalue weighted by atomic mass is 19.1. The van der Waals surface area contributed by atoms with Crippen molar-refractivity contribution in [1.82, 2.24) is 4.98 Å². The van der Waals surface area contributed by atoms with Crippen molar-refractivity contribution in [3.05, 3.63) is 30.2 Å². The number of hydrogen-bond acceptors (Lipinski definition) is 3. The Hall–Kier alpha value is -1.84. The monoisotopic (exact) mass is 234 g/mol. The first-order chi connectivity index (χ1) is 7.88. The topological polar surface area (TPSA) is 48.1 Å². The van der Waals surface area contributed by atoms with Crippen LogP contribution in [0.4, 0.5) is 10.1 Å². The number of pyridine rings is 1. The highest BCUT2D eigenvalue weighted by Gasteiger charge is 2.19. The Labute approximate surface area is 99.4 Å². The fourth-order valence-corrected chi connectivity index (χ4v) is 1.62. The minimum Gasteiger partial charge on any atom is -0.483 e. The highest BCUT2D eigenvalue weighted by molar-refractivity contribution is 5.94. The molecule has 0 aliphatic carbocycles. The number of nitrogens with zero attached hydrogens (tertiary/aromatic N) is 1. The molecule has 17 heavy (non-hydrogen) atoms. The Morgan fingerprint density at radius 1 is 1.35 bits per heavy atom. The van der Waals surface area contributed by atoms with Gasteiger partial charge in [0, 0.05) is 23.3 Å². The molecule has 0 aliphatic heterocycles. The lowest BCUT2D eigenvalue weighted by Crippen LogP contribution is -2.24. The quantitative estimate of drug-likeness (QED) is 0.771. The van der Waals surface area contributed by atoms with Gasteiger partial charge in [-0.2, -0.15) is 0 Å². The van der Waals surface area contributed by atoms with Gasteiger partial charge >= 0.3 is 0 Å². The summed E-state index contributed by atoms with van der Waals surface area (Å²) in [6, 6.07) is 4.83. The summed E-state index contributed by atoms with van der Waals surface area (Å²) in [5, 5.41) is 0.702. The summed E-state index contributed by atoms with van der Waals surface area (Å²) in [5.74, 6) is -0.328. The maximum Gasteiger partial charge on any atom is 0.182 e. The Bertz CT molecular complexity index is 561. The molecule has 0 unspecified atom stereocenters.